The van der Waals surface area contributed by atoms with Crippen LogP contribution < -0.4 is 10.5 Å². The number of benzene rings is 2. The summed E-state index contributed by atoms with van der Waals surface area (Å²) in [6, 6.07) is 14.6. The van der Waals surface area contributed by atoms with Gasteiger partial charge in [-0.15, -0.1) is 0 Å². The van der Waals surface area contributed by atoms with Crippen LogP contribution in [-0.2, 0) is 14.6 Å². The van der Waals surface area contributed by atoms with Gasteiger partial charge in [0.05, 0.1) is 17.3 Å². The Morgan fingerprint density at radius 3 is 2.24 bits per heavy atom. The van der Waals surface area contributed by atoms with Crippen LogP contribution in [0, 0.1) is 5.41 Å². The van der Waals surface area contributed by atoms with Gasteiger partial charge < -0.3 is 15.6 Å². The van der Waals surface area contributed by atoms with Crippen LogP contribution in [0.25, 0.3) is 0 Å². The van der Waals surface area contributed by atoms with Crippen LogP contribution in [0.15, 0.2) is 59.5 Å². The second kappa shape index (κ2) is 6.16. The second-order valence-electron chi connectivity index (χ2n) is 6.08. The average molecular weight is 361 g/mol. The van der Waals surface area contributed by atoms with E-state index in [1.807, 2.05) is 0 Å². The maximum absolute atomic E-state index is 13.0. The van der Waals surface area contributed by atoms with Gasteiger partial charge in [-0.1, -0.05) is 30.3 Å². The number of hydrogen-bond donors (Lipinski definition) is 2. The number of carboxylic acids is 1. The third-order valence-corrected chi connectivity index (χ3v) is 7.16. The molecular formula is C18H19NO5S. The Balaban J connectivity index is 2.08. The number of aliphatic carboxylic acids is 1. The molecule has 3 unspecified atom stereocenters. The molecule has 0 amide bonds. The van der Waals surface area contributed by atoms with Crippen LogP contribution in [0.1, 0.15) is 11.5 Å². The molecule has 3 atom stereocenters. The van der Waals surface area contributed by atoms with Crippen LogP contribution in [-0.4, -0.2) is 38.4 Å². The fourth-order valence-electron chi connectivity index (χ4n) is 3.49. The maximum Gasteiger partial charge on any atom is 0.312 e. The zero-order chi connectivity index (χ0) is 18.2. The minimum Gasteiger partial charge on any atom is -0.497 e. The molecule has 2 aromatic carbocycles. The molecule has 0 aromatic heterocycles. The Morgan fingerprint density at radius 1 is 1.16 bits per heavy atom. The van der Waals surface area contributed by atoms with Gasteiger partial charge in [-0.3, -0.25) is 4.79 Å². The molecule has 0 spiro atoms. The summed E-state index contributed by atoms with van der Waals surface area (Å²) < 4.78 is 31.2. The summed E-state index contributed by atoms with van der Waals surface area (Å²) in [4.78, 5) is 12.0. The molecule has 3 N–H and O–H groups in total. The summed E-state index contributed by atoms with van der Waals surface area (Å²) in [5.41, 5.74) is 4.85. The van der Waals surface area contributed by atoms with Crippen LogP contribution in [0.5, 0.6) is 5.75 Å². The number of hydrogen-bond acceptors (Lipinski definition) is 5. The molecule has 3 rings (SSSR count). The fraction of sp³-hybridized carbons (Fsp3) is 0.278. The van der Waals surface area contributed by atoms with Crippen LogP contribution in [0.4, 0.5) is 0 Å². The summed E-state index contributed by atoms with van der Waals surface area (Å²) in [5.74, 6) is -1.29. The van der Waals surface area contributed by atoms with Crippen molar-refractivity contribution in [1.29, 1.82) is 0 Å². The number of ether oxygens (including phenoxy) is 1. The molecule has 1 aliphatic rings. The van der Waals surface area contributed by atoms with Crippen LogP contribution in [0.2, 0.25) is 0 Å². The van der Waals surface area contributed by atoms with Crippen molar-refractivity contribution in [3.63, 3.8) is 0 Å². The molecule has 25 heavy (non-hydrogen) atoms. The van der Waals surface area contributed by atoms with Crippen molar-refractivity contribution in [1.82, 2.24) is 0 Å². The summed E-state index contributed by atoms with van der Waals surface area (Å²) in [5, 5.41) is 8.65. The Morgan fingerprint density at radius 2 is 1.76 bits per heavy atom. The number of methoxy groups -OCH3 is 1. The number of carbonyl (C=O) groups is 1. The molecule has 1 aliphatic carbocycles. The average Bonchev–Trinajstić information content (AvgIpc) is 3.34. The smallest absolute Gasteiger partial charge is 0.312 e. The lowest BCUT2D eigenvalue weighted by Crippen LogP contribution is -2.31. The molecule has 0 saturated heterocycles. The Bertz CT molecular complexity index is 879. The van der Waals surface area contributed by atoms with Gasteiger partial charge in [-0.25, -0.2) is 8.42 Å². The van der Waals surface area contributed by atoms with Gasteiger partial charge >= 0.3 is 5.97 Å². The third-order valence-electron chi connectivity index (χ3n) is 4.87. The van der Waals surface area contributed by atoms with Crippen molar-refractivity contribution in [3.8, 4) is 5.75 Å². The standard InChI is InChI=1S/C18H19NO5S/c1-24-13-9-7-12(8-10-13)15-16(18(15,11-19)17(20)21)25(22,23)14-5-3-2-4-6-14/h2-10,15-16H,11,19H2,1H3,(H,20,21). The van der Waals surface area contributed by atoms with E-state index in [-0.39, 0.29) is 11.4 Å². The van der Waals surface area contributed by atoms with E-state index in [9.17, 15) is 18.3 Å². The molecule has 2 aromatic rings. The van der Waals surface area contributed by atoms with Crippen molar-refractivity contribution in [3.05, 3.63) is 60.2 Å². The SMILES string of the molecule is COc1ccc(C2C(S(=O)(=O)c3ccccc3)C2(CN)C(=O)O)cc1. The lowest BCUT2D eigenvalue weighted by Gasteiger charge is -2.10. The second-order valence-corrected chi connectivity index (χ2v) is 8.15. The minimum atomic E-state index is -3.84. The molecular weight excluding hydrogens is 342 g/mol. The molecule has 1 fully saturated rings. The summed E-state index contributed by atoms with van der Waals surface area (Å²) in [6.45, 7) is -0.254. The first kappa shape index (κ1) is 17.4. The van der Waals surface area contributed by atoms with E-state index in [1.165, 1.54) is 19.2 Å². The van der Waals surface area contributed by atoms with E-state index in [1.54, 1.807) is 42.5 Å². The van der Waals surface area contributed by atoms with E-state index in [4.69, 9.17) is 10.5 Å². The van der Waals surface area contributed by atoms with E-state index in [0.29, 0.717) is 11.3 Å². The molecule has 0 radical (unpaired) electrons. The van der Waals surface area contributed by atoms with Gasteiger partial charge in [-0.05, 0) is 29.8 Å². The first-order chi connectivity index (χ1) is 11.9. The first-order valence-corrected chi connectivity index (χ1v) is 9.30. The normalized spacial score (nSPS) is 25.4. The van der Waals surface area contributed by atoms with Gasteiger partial charge in [0.1, 0.15) is 11.2 Å². The Labute approximate surface area is 146 Å². The van der Waals surface area contributed by atoms with Gasteiger partial charge in [0, 0.05) is 12.5 Å². The van der Waals surface area contributed by atoms with Gasteiger partial charge in [0.2, 0.25) is 0 Å². The van der Waals surface area contributed by atoms with E-state index in [2.05, 4.69) is 0 Å². The number of carboxylic acid groups (broad SMARTS) is 1. The van der Waals surface area contributed by atoms with Gasteiger partial charge in [0.25, 0.3) is 0 Å². The van der Waals surface area contributed by atoms with Gasteiger partial charge in [0.15, 0.2) is 9.84 Å². The number of sulfone groups is 1. The zero-order valence-electron chi connectivity index (χ0n) is 13.6. The molecule has 132 valence electrons. The summed E-state index contributed by atoms with van der Waals surface area (Å²) in [7, 11) is -2.31. The summed E-state index contributed by atoms with van der Waals surface area (Å²) >= 11 is 0. The monoisotopic (exact) mass is 361 g/mol. The Hall–Kier alpha value is -2.38. The van der Waals surface area contributed by atoms with Crippen molar-refractivity contribution in [2.75, 3.05) is 13.7 Å². The van der Waals surface area contributed by atoms with E-state index >= 15 is 0 Å². The van der Waals surface area contributed by atoms with Crippen molar-refractivity contribution < 1.29 is 23.1 Å². The first-order valence-electron chi connectivity index (χ1n) is 7.76. The van der Waals surface area contributed by atoms with Gasteiger partial charge in [-0.2, -0.15) is 0 Å². The number of nitrogens with two attached hydrogens (primary N) is 1. The zero-order valence-corrected chi connectivity index (χ0v) is 14.4. The molecule has 6 nitrogen and oxygen atoms in total. The molecule has 1 saturated carbocycles. The number of rotatable bonds is 6. The molecule has 7 heteroatoms. The third kappa shape index (κ3) is 2.60. The van der Waals surface area contributed by atoms with Crippen LogP contribution >= 0.6 is 0 Å². The van der Waals surface area contributed by atoms with Crippen molar-refractivity contribution in [2.45, 2.75) is 16.1 Å². The molecule has 0 heterocycles. The highest BCUT2D eigenvalue weighted by molar-refractivity contribution is 7.92. The topological polar surface area (TPSA) is 107 Å². The van der Waals surface area contributed by atoms with Crippen molar-refractivity contribution in [2.24, 2.45) is 11.1 Å². The lowest BCUT2D eigenvalue weighted by atomic mass is 9.99. The van der Waals surface area contributed by atoms with Crippen molar-refractivity contribution >= 4 is 15.8 Å². The minimum absolute atomic E-state index is 0.107. The maximum atomic E-state index is 13.0. The predicted octanol–water partition coefficient (Wildman–Crippen LogP) is 1.66. The lowest BCUT2D eigenvalue weighted by molar-refractivity contribution is -0.143. The highest BCUT2D eigenvalue weighted by Crippen LogP contribution is 2.63. The Kier molecular flexibility index (Phi) is 4.30. The van der Waals surface area contributed by atoms with E-state index < -0.39 is 32.4 Å². The van der Waals surface area contributed by atoms with Crippen LogP contribution in [0.3, 0.4) is 0 Å². The molecule has 0 bridgehead atoms. The largest absolute Gasteiger partial charge is 0.497 e. The molecule has 0 aliphatic heterocycles. The fourth-order valence-corrected chi connectivity index (χ4v) is 5.89. The predicted molar refractivity (Wildman–Crippen MR) is 92.3 cm³/mol. The van der Waals surface area contributed by atoms with E-state index in [0.717, 1.165) is 0 Å². The summed E-state index contributed by atoms with van der Waals surface area (Å²) in [6.07, 6.45) is 0. The highest BCUT2D eigenvalue weighted by Gasteiger charge is 2.75. The quantitative estimate of drug-likeness (QED) is 0.810. The highest BCUT2D eigenvalue weighted by atomic mass is 32.2.